The van der Waals surface area contributed by atoms with Crippen LogP contribution in [0, 0.1) is 5.92 Å². The summed E-state index contributed by atoms with van der Waals surface area (Å²) in [5.41, 5.74) is 0.802. The summed E-state index contributed by atoms with van der Waals surface area (Å²) in [5.74, 6) is 0.552. The van der Waals surface area contributed by atoms with Crippen LogP contribution in [0.15, 0.2) is 12.5 Å². The van der Waals surface area contributed by atoms with Crippen LogP contribution >= 0.6 is 0 Å². The molecule has 0 atom stereocenters. The number of nitrogens with one attached hydrogen (secondary N) is 1. The van der Waals surface area contributed by atoms with Gasteiger partial charge in [0.05, 0.1) is 18.6 Å². The number of hydrogen-bond donors (Lipinski definition) is 1. The van der Waals surface area contributed by atoms with Gasteiger partial charge in [-0.05, 0) is 12.5 Å². The zero-order chi connectivity index (χ0) is 11.3. The molecule has 0 amide bonds. The molecule has 1 aromatic heterocycles. The lowest BCUT2D eigenvalue weighted by atomic mass is 10.2. The van der Waals surface area contributed by atoms with Crippen LogP contribution < -0.4 is 5.32 Å². The Morgan fingerprint density at radius 1 is 1.47 bits per heavy atom. The summed E-state index contributed by atoms with van der Waals surface area (Å²) in [5, 5.41) is 3.20. The number of hydrogen-bond acceptors (Lipinski definition) is 2. The van der Waals surface area contributed by atoms with Gasteiger partial charge in [-0.2, -0.15) is 0 Å². The maximum Gasteiger partial charge on any atom is 0.256 e. The van der Waals surface area contributed by atoms with Crippen LogP contribution in [-0.2, 0) is 13.1 Å². The molecule has 0 aliphatic carbocycles. The predicted octanol–water partition coefficient (Wildman–Crippen LogP) is 1.89. The van der Waals surface area contributed by atoms with Crippen molar-refractivity contribution < 1.29 is 8.78 Å². The third-order valence-electron chi connectivity index (χ3n) is 1.99. The zero-order valence-electron chi connectivity index (χ0n) is 9.08. The second-order valence-corrected chi connectivity index (χ2v) is 3.95. The van der Waals surface area contributed by atoms with Crippen molar-refractivity contribution in [1.82, 2.24) is 14.9 Å². The van der Waals surface area contributed by atoms with Crippen LogP contribution in [0.3, 0.4) is 0 Å². The molecule has 0 unspecified atom stereocenters. The highest BCUT2D eigenvalue weighted by atomic mass is 19.3. The Morgan fingerprint density at radius 3 is 2.80 bits per heavy atom. The molecule has 86 valence electrons. The van der Waals surface area contributed by atoms with Crippen molar-refractivity contribution in [2.24, 2.45) is 5.92 Å². The van der Waals surface area contributed by atoms with Crippen molar-refractivity contribution in [3.05, 3.63) is 18.2 Å². The van der Waals surface area contributed by atoms with Crippen LogP contribution in [0.2, 0.25) is 0 Å². The molecule has 3 nitrogen and oxygen atoms in total. The van der Waals surface area contributed by atoms with Gasteiger partial charge in [-0.3, -0.25) is 0 Å². The summed E-state index contributed by atoms with van der Waals surface area (Å²) in [4.78, 5) is 3.86. The van der Waals surface area contributed by atoms with Crippen LogP contribution in [0.25, 0.3) is 0 Å². The highest BCUT2D eigenvalue weighted by Crippen LogP contribution is 2.04. The van der Waals surface area contributed by atoms with E-state index in [0.29, 0.717) is 12.5 Å². The second kappa shape index (κ2) is 5.80. The minimum Gasteiger partial charge on any atom is -0.328 e. The summed E-state index contributed by atoms with van der Waals surface area (Å²) in [6, 6.07) is 0. The molecule has 1 N–H and O–H groups in total. The number of halogens is 2. The van der Waals surface area contributed by atoms with Gasteiger partial charge < -0.3 is 9.88 Å². The first-order chi connectivity index (χ1) is 7.09. The first kappa shape index (κ1) is 12.1. The lowest BCUT2D eigenvalue weighted by molar-refractivity contribution is 0.125. The smallest absolute Gasteiger partial charge is 0.256 e. The molecule has 0 aliphatic rings. The van der Waals surface area contributed by atoms with E-state index in [1.54, 1.807) is 6.20 Å². The van der Waals surface area contributed by atoms with E-state index < -0.39 is 6.43 Å². The molecular formula is C10H17F2N3. The van der Waals surface area contributed by atoms with E-state index in [-0.39, 0.29) is 6.54 Å². The maximum absolute atomic E-state index is 12.2. The number of rotatable bonds is 6. The Morgan fingerprint density at radius 2 is 2.20 bits per heavy atom. The molecular weight excluding hydrogens is 200 g/mol. The third kappa shape index (κ3) is 4.38. The average molecular weight is 217 g/mol. The van der Waals surface area contributed by atoms with E-state index in [4.69, 9.17) is 0 Å². The summed E-state index contributed by atoms with van der Waals surface area (Å²) in [7, 11) is 0. The van der Waals surface area contributed by atoms with Crippen LogP contribution in [0.4, 0.5) is 8.78 Å². The summed E-state index contributed by atoms with van der Waals surface area (Å²) < 4.78 is 25.8. The Labute approximate surface area is 88.5 Å². The van der Waals surface area contributed by atoms with Gasteiger partial charge in [-0.25, -0.2) is 13.8 Å². The minimum atomic E-state index is -2.33. The lowest BCUT2D eigenvalue weighted by Crippen LogP contribution is -2.21. The molecule has 0 aromatic carbocycles. The largest absolute Gasteiger partial charge is 0.328 e. The van der Waals surface area contributed by atoms with Crippen molar-refractivity contribution in [2.75, 3.05) is 6.54 Å². The molecule has 0 spiro atoms. The quantitative estimate of drug-likeness (QED) is 0.788. The predicted molar refractivity (Wildman–Crippen MR) is 54.8 cm³/mol. The molecule has 0 saturated carbocycles. The van der Waals surface area contributed by atoms with E-state index in [9.17, 15) is 8.78 Å². The topological polar surface area (TPSA) is 29.9 Å². The number of nitrogens with zero attached hydrogens (tertiary/aromatic N) is 2. The van der Waals surface area contributed by atoms with Gasteiger partial charge in [-0.15, -0.1) is 0 Å². The molecule has 0 fully saturated rings. The van der Waals surface area contributed by atoms with Crippen molar-refractivity contribution >= 4 is 0 Å². The fourth-order valence-electron chi connectivity index (χ4n) is 1.30. The van der Waals surface area contributed by atoms with Crippen LogP contribution in [-0.4, -0.2) is 22.5 Å². The molecule has 5 heteroatoms. The van der Waals surface area contributed by atoms with Gasteiger partial charge in [-0.1, -0.05) is 13.8 Å². The SMILES string of the molecule is CC(C)CNCc1cncn1CC(F)F. The Bertz CT molecular complexity index is 284. The van der Waals surface area contributed by atoms with Crippen molar-refractivity contribution in [1.29, 1.82) is 0 Å². The number of alkyl halides is 2. The van der Waals surface area contributed by atoms with Gasteiger partial charge in [0.25, 0.3) is 6.43 Å². The third-order valence-corrected chi connectivity index (χ3v) is 1.99. The monoisotopic (exact) mass is 217 g/mol. The van der Waals surface area contributed by atoms with Crippen LogP contribution in [0.5, 0.6) is 0 Å². The van der Waals surface area contributed by atoms with Crippen molar-refractivity contribution in [3.63, 3.8) is 0 Å². The van der Waals surface area contributed by atoms with E-state index >= 15 is 0 Å². The molecule has 1 heterocycles. The van der Waals surface area contributed by atoms with E-state index in [1.165, 1.54) is 10.9 Å². The normalized spacial score (nSPS) is 11.6. The van der Waals surface area contributed by atoms with Crippen molar-refractivity contribution in [2.45, 2.75) is 33.4 Å². The highest BCUT2D eigenvalue weighted by Gasteiger charge is 2.07. The maximum atomic E-state index is 12.2. The zero-order valence-corrected chi connectivity index (χ0v) is 9.08. The Hall–Kier alpha value is -0.970. The highest BCUT2D eigenvalue weighted by molar-refractivity contribution is 4.98. The Kier molecular flexibility index (Phi) is 4.68. The number of aromatic nitrogens is 2. The molecule has 0 bridgehead atoms. The van der Waals surface area contributed by atoms with Gasteiger partial charge in [0.15, 0.2) is 0 Å². The molecule has 0 radical (unpaired) electrons. The summed E-state index contributed by atoms with van der Waals surface area (Å²) in [6.45, 7) is 5.39. The van der Waals surface area contributed by atoms with E-state index in [2.05, 4.69) is 24.1 Å². The fraction of sp³-hybridized carbons (Fsp3) is 0.700. The first-order valence-electron chi connectivity index (χ1n) is 5.07. The second-order valence-electron chi connectivity index (χ2n) is 3.95. The fourth-order valence-corrected chi connectivity index (χ4v) is 1.30. The molecule has 0 aliphatic heterocycles. The standard InChI is InChI=1S/C10H17F2N3/c1-8(2)3-13-4-9-5-14-7-15(9)6-10(11)12/h5,7-8,10,13H,3-4,6H2,1-2H3. The van der Waals surface area contributed by atoms with E-state index in [1.807, 2.05) is 0 Å². The molecule has 1 rings (SSSR count). The Balaban J connectivity index is 2.43. The molecule has 15 heavy (non-hydrogen) atoms. The van der Waals surface area contributed by atoms with Crippen LogP contribution in [0.1, 0.15) is 19.5 Å². The first-order valence-corrected chi connectivity index (χ1v) is 5.07. The lowest BCUT2D eigenvalue weighted by Gasteiger charge is -2.09. The van der Waals surface area contributed by atoms with Crippen molar-refractivity contribution in [3.8, 4) is 0 Å². The summed E-state index contributed by atoms with van der Waals surface area (Å²) >= 11 is 0. The van der Waals surface area contributed by atoms with Gasteiger partial charge in [0, 0.05) is 12.7 Å². The van der Waals surface area contributed by atoms with Gasteiger partial charge in [0.1, 0.15) is 0 Å². The van der Waals surface area contributed by atoms with Gasteiger partial charge in [0.2, 0.25) is 0 Å². The van der Waals surface area contributed by atoms with E-state index in [0.717, 1.165) is 12.2 Å². The average Bonchev–Trinajstić information content (AvgIpc) is 2.51. The summed E-state index contributed by atoms with van der Waals surface area (Å²) in [6.07, 6.45) is 0.733. The molecule has 0 saturated heterocycles. The minimum absolute atomic E-state index is 0.279. The number of imidazole rings is 1. The molecule has 1 aromatic rings. The van der Waals surface area contributed by atoms with Gasteiger partial charge >= 0.3 is 0 Å².